The van der Waals surface area contributed by atoms with E-state index in [0.717, 1.165) is 19.3 Å². The Bertz CT molecular complexity index is 196. The highest BCUT2D eigenvalue weighted by atomic mass is 127. The molecule has 1 rings (SSSR count). The van der Waals surface area contributed by atoms with Crippen LogP contribution in [0.15, 0.2) is 0 Å². The van der Waals surface area contributed by atoms with Gasteiger partial charge in [0.15, 0.2) is 0 Å². The fourth-order valence-corrected chi connectivity index (χ4v) is 2.93. The van der Waals surface area contributed by atoms with Crippen molar-refractivity contribution in [3.63, 3.8) is 0 Å². The number of rotatable bonds is 3. The minimum Gasteiger partial charge on any atom is -0.377 e. The van der Waals surface area contributed by atoms with Crippen LogP contribution in [0.3, 0.4) is 0 Å². The number of halogens is 4. The normalized spacial score (nSPS) is 28.5. The van der Waals surface area contributed by atoms with Gasteiger partial charge in [0.25, 0.3) is 0 Å². The molecule has 96 valence electrons. The van der Waals surface area contributed by atoms with Crippen LogP contribution in [0.2, 0.25) is 0 Å². The smallest absolute Gasteiger partial charge is 0.377 e. The van der Waals surface area contributed by atoms with E-state index in [-0.39, 0.29) is 12.7 Å². The maximum atomic E-state index is 12.0. The van der Waals surface area contributed by atoms with Crippen molar-refractivity contribution in [3.05, 3.63) is 0 Å². The van der Waals surface area contributed by atoms with Gasteiger partial charge in [0.2, 0.25) is 0 Å². The number of hydrogen-bond acceptors (Lipinski definition) is 1. The highest BCUT2D eigenvalue weighted by Gasteiger charge is 2.28. The molecule has 2 atom stereocenters. The lowest BCUT2D eigenvalue weighted by Gasteiger charge is -2.25. The van der Waals surface area contributed by atoms with Crippen LogP contribution in [0, 0.1) is 0 Å². The molecular weight excluding hydrogens is 332 g/mol. The van der Waals surface area contributed by atoms with Crippen molar-refractivity contribution in [1.82, 2.24) is 0 Å². The standard InChI is InChI=1S/C11H18F3IO/c12-11(13,14)7-8-16-10-6-4-2-1-3-5-9(10)15/h9-10H,1-8H2. The Morgan fingerprint density at radius 2 is 1.69 bits per heavy atom. The van der Waals surface area contributed by atoms with Crippen molar-refractivity contribution >= 4 is 22.6 Å². The lowest BCUT2D eigenvalue weighted by atomic mass is 9.98. The SMILES string of the molecule is FC(F)(F)CCOC1CCCCCCC1I. The summed E-state index contributed by atoms with van der Waals surface area (Å²) in [5.74, 6) is 0. The molecule has 1 aliphatic rings. The number of ether oxygens (including phenoxy) is 1. The Hall–Kier alpha value is 0.480. The summed E-state index contributed by atoms with van der Waals surface area (Å²) in [7, 11) is 0. The molecule has 2 unspecified atom stereocenters. The van der Waals surface area contributed by atoms with Gasteiger partial charge in [-0.05, 0) is 12.8 Å². The molecule has 1 saturated carbocycles. The first-order valence-corrected chi connectivity index (χ1v) is 7.06. The molecule has 0 aromatic heterocycles. The summed E-state index contributed by atoms with van der Waals surface area (Å²) >= 11 is 2.32. The molecule has 5 heteroatoms. The van der Waals surface area contributed by atoms with Crippen LogP contribution in [-0.2, 0) is 4.74 Å². The van der Waals surface area contributed by atoms with Crippen molar-refractivity contribution in [1.29, 1.82) is 0 Å². The van der Waals surface area contributed by atoms with Crippen LogP contribution >= 0.6 is 22.6 Å². The lowest BCUT2D eigenvalue weighted by molar-refractivity contribution is -0.149. The number of hydrogen-bond donors (Lipinski definition) is 0. The summed E-state index contributed by atoms with van der Waals surface area (Å²) in [6, 6.07) is 0. The summed E-state index contributed by atoms with van der Waals surface area (Å²) in [6.07, 6.45) is 1.75. The van der Waals surface area contributed by atoms with Crippen LogP contribution in [-0.4, -0.2) is 22.8 Å². The maximum Gasteiger partial charge on any atom is 0.391 e. The van der Waals surface area contributed by atoms with Crippen LogP contribution in [0.1, 0.15) is 44.9 Å². The summed E-state index contributed by atoms with van der Waals surface area (Å²) in [5, 5.41) is 0. The second kappa shape index (κ2) is 7.03. The van der Waals surface area contributed by atoms with Crippen LogP contribution in [0.25, 0.3) is 0 Å². The van der Waals surface area contributed by atoms with Gasteiger partial charge in [0.05, 0.1) is 19.1 Å². The molecule has 0 spiro atoms. The summed E-state index contributed by atoms with van der Waals surface area (Å²) in [5.41, 5.74) is 0. The fraction of sp³-hybridized carbons (Fsp3) is 1.00. The predicted octanol–water partition coefficient (Wildman–Crippen LogP) is 4.48. The van der Waals surface area contributed by atoms with E-state index in [4.69, 9.17) is 4.74 Å². The van der Waals surface area contributed by atoms with Crippen LogP contribution in [0.4, 0.5) is 13.2 Å². The average Bonchev–Trinajstić information content (AvgIpc) is 2.15. The third-order valence-electron chi connectivity index (χ3n) is 2.84. The van der Waals surface area contributed by atoms with E-state index >= 15 is 0 Å². The topological polar surface area (TPSA) is 9.23 Å². The van der Waals surface area contributed by atoms with Gasteiger partial charge in [-0.3, -0.25) is 0 Å². The highest BCUT2D eigenvalue weighted by molar-refractivity contribution is 14.1. The molecule has 1 fully saturated rings. The van der Waals surface area contributed by atoms with Crippen molar-refractivity contribution in [2.24, 2.45) is 0 Å². The summed E-state index contributed by atoms with van der Waals surface area (Å²) in [4.78, 5) is 0. The zero-order valence-electron chi connectivity index (χ0n) is 9.23. The van der Waals surface area contributed by atoms with Gasteiger partial charge in [-0.15, -0.1) is 0 Å². The van der Waals surface area contributed by atoms with Gasteiger partial charge in [0, 0.05) is 3.92 Å². The molecule has 0 aliphatic heterocycles. The Labute approximate surface area is 108 Å². The molecule has 0 aromatic rings. The monoisotopic (exact) mass is 350 g/mol. The third-order valence-corrected chi connectivity index (χ3v) is 4.26. The second-order valence-electron chi connectivity index (χ2n) is 4.28. The zero-order chi connectivity index (χ0) is 12.0. The van der Waals surface area contributed by atoms with Gasteiger partial charge in [-0.2, -0.15) is 13.2 Å². The largest absolute Gasteiger partial charge is 0.391 e. The Balaban J connectivity index is 2.26. The van der Waals surface area contributed by atoms with Crippen LogP contribution < -0.4 is 0 Å². The molecule has 0 heterocycles. The molecule has 0 saturated heterocycles. The average molecular weight is 350 g/mol. The fourth-order valence-electron chi connectivity index (χ4n) is 1.92. The predicted molar refractivity (Wildman–Crippen MR) is 65.9 cm³/mol. The molecule has 1 aliphatic carbocycles. The van der Waals surface area contributed by atoms with E-state index in [1.54, 1.807) is 0 Å². The second-order valence-corrected chi connectivity index (χ2v) is 5.88. The van der Waals surface area contributed by atoms with Crippen molar-refractivity contribution < 1.29 is 17.9 Å². The molecule has 1 nitrogen and oxygen atoms in total. The molecule has 0 radical (unpaired) electrons. The summed E-state index contributed by atoms with van der Waals surface area (Å²) in [6.45, 7) is -0.187. The summed E-state index contributed by atoms with van der Waals surface area (Å²) < 4.78 is 41.7. The van der Waals surface area contributed by atoms with E-state index in [9.17, 15) is 13.2 Å². The Kier molecular flexibility index (Phi) is 6.39. The van der Waals surface area contributed by atoms with E-state index in [0.29, 0.717) is 3.92 Å². The Morgan fingerprint density at radius 3 is 2.31 bits per heavy atom. The van der Waals surface area contributed by atoms with Gasteiger partial charge < -0.3 is 4.74 Å². The van der Waals surface area contributed by atoms with E-state index in [1.807, 2.05) is 0 Å². The third kappa shape index (κ3) is 6.27. The molecule has 0 N–H and O–H groups in total. The minimum absolute atomic E-state index is 0.0169. The highest BCUT2D eigenvalue weighted by Crippen LogP contribution is 2.27. The minimum atomic E-state index is -4.09. The zero-order valence-corrected chi connectivity index (χ0v) is 11.4. The Morgan fingerprint density at radius 1 is 1.06 bits per heavy atom. The first-order valence-electron chi connectivity index (χ1n) is 5.81. The van der Waals surface area contributed by atoms with Crippen LogP contribution in [0.5, 0.6) is 0 Å². The molecule has 16 heavy (non-hydrogen) atoms. The van der Waals surface area contributed by atoms with Crippen molar-refractivity contribution in [2.75, 3.05) is 6.61 Å². The molecular formula is C11H18F3IO. The van der Waals surface area contributed by atoms with Gasteiger partial charge in [-0.1, -0.05) is 48.3 Å². The maximum absolute atomic E-state index is 12.0. The van der Waals surface area contributed by atoms with Crippen molar-refractivity contribution in [2.45, 2.75) is 61.2 Å². The molecule has 0 bridgehead atoms. The quantitative estimate of drug-likeness (QED) is 0.539. The molecule has 0 amide bonds. The van der Waals surface area contributed by atoms with E-state index in [1.165, 1.54) is 19.3 Å². The van der Waals surface area contributed by atoms with Gasteiger partial charge >= 0.3 is 6.18 Å². The van der Waals surface area contributed by atoms with Gasteiger partial charge in [-0.25, -0.2) is 0 Å². The first-order chi connectivity index (χ1) is 7.49. The number of alkyl halides is 4. The lowest BCUT2D eigenvalue weighted by Crippen LogP contribution is -2.27. The first kappa shape index (κ1) is 14.5. The van der Waals surface area contributed by atoms with Crippen molar-refractivity contribution in [3.8, 4) is 0 Å². The molecule has 0 aromatic carbocycles. The van der Waals surface area contributed by atoms with E-state index in [2.05, 4.69) is 22.6 Å². The van der Waals surface area contributed by atoms with Gasteiger partial charge in [0.1, 0.15) is 0 Å². The van der Waals surface area contributed by atoms with E-state index < -0.39 is 12.6 Å².